The molecular formula is C50H47NO9. The molecule has 0 amide bonds. The molecule has 0 aliphatic carbocycles. The van der Waals surface area contributed by atoms with Crippen LogP contribution in [0.25, 0.3) is 32.3 Å². The van der Waals surface area contributed by atoms with Crippen LogP contribution in [0.5, 0.6) is 23.0 Å². The van der Waals surface area contributed by atoms with Crippen molar-refractivity contribution in [3.05, 3.63) is 149 Å². The molecular weight excluding hydrogens is 759 g/mol. The molecule has 0 fully saturated rings. The largest absolute Gasteiger partial charge is 0.497 e. The molecule has 6 aromatic carbocycles. The minimum atomic E-state index is -0.662. The fourth-order valence-electron chi connectivity index (χ4n) is 7.15. The van der Waals surface area contributed by atoms with Crippen LogP contribution in [0, 0.1) is 6.92 Å². The van der Waals surface area contributed by atoms with Crippen LogP contribution in [0.3, 0.4) is 0 Å². The normalized spacial score (nSPS) is 12.7. The van der Waals surface area contributed by atoms with E-state index in [2.05, 4.69) is 4.98 Å². The zero-order chi connectivity index (χ0) is 42.5. The van der Waals surface area contributed by atoms with Crippen LogP contribution in [0.15, 0.2) is 115 Å². The van der Waals surface area contributed by atoms with Gasteiger partial charge in [0.15, 0.2) is 5.75 Å². The molecule has 0 N–H and O–H groups in total. The smallest absolute Gasteiger partial charge is 0.318 e. The maximum atomic E-state index is 13.9. The third kappa shape index (κ3) is 8.88. The number of esters is 3. The minimum Gasteiger partial charge on any atom is -0.497 e. The van der Waals surface area contributed by atoms with Crippen LogP contribution >= 0.6 is 0 Å². The minimum absolute atomic E-state index is 0.143. The van der Waals surface area contributed by atoms with Gasteiger partial charge in [0.1, 0.15) is 30.5 Å². The molecule has 7 rings (SSSR count). The van der Waals surface area contributed by atoms with E-state index in [0.717, 1.165) is 66.3 Å². The average molecular weight is 806 g/mol. The van der Waals surface area contributed by atoms with Gasteiger partial charge in [0.25, 0.3) is 0 Å². The van der Waals surface area contributed by atoms with E-state index in [1.54, 1.807) is 55.2 Å². The second kappa shape index (κ2) is 17.9. The van der Waals surface area contributed by atoms with E-state index in [1.165, 1.54) is 0 Å². The summed E-state index contributed by atoms with van der Waals surface area (Å²) in [7, 11) is 4.86. The maximum absolute atomic E-state index is 13.9. The monoisotopic (exact) mass is 805 g/mol. The molecule has 306 valence electrons. The van der Waals surface area contributed by atoms with E-state index in [1.807, 2.05) is 109 Å². The molecule has 0 saturated carbocycles. The zero-order valence-electron chi connectivity index (χ0n) is 34.7. The van der Waals surface area contributed by atoms with Gasteiger partial charge >= 0.3 is 17.9 Å². The van der Waals surface area contributed by atoms with Crippen molar-refractivity contribution < 1.29 is 42.8 Å². The fourth-order valence-corrected chi connectivity index (χ4v) is 7.15. The van der Waals surface area contributed by atoms with E-state index in [4.69, 9.17) is 28.4 Å². The number of rotatable bonds is 14. The molecule has 0 spiro atoms. The van der Waals surface area contributed by atoms with Gasteiger partial charge < -0.3 is 28.4 Å². The van der Waals surface area contributed by atoms with Gasteiger partial charge in [-0.3, -0.25) is 19.4 Å². The number of pyridine rings is 1. The predicted molar refractivity (Wildman–Crippen MR) is 231 cm³/mol. The molecule has 60 heavy (non-hydrogen) atoms. The van der Waals surface area contributed by atoms with Crippen LogP contribution in [0.2, 0.25) is 0 Å². The number of aryl methyl sites for hydroxylation is 1. The quantitative estimate of drug-likeness (QED) is 0.0983. The van der Waals surface area contributed by atoms with Crippen molar-refractivity contribution in [2.75, 3.05) is 21.3 Å². The molecule has 0 aliphatic heterocycles. The number of benzene rings is 6. The predicted octanol–water partition coefficient (Wildman–Crippen LogP) is 10.3. The first-order valence-corrected chi connectivity index (χ1v) is 19.7. The highest BCUT2D eigenvalue weighted by Crippen LogP contribution is 2.33. The number of aromatic nitrogens is 1. The van der Waals surface area contributed by atoms with Gasteiger partial charge in [0.2, 0.25) is 0 Å². The summed E-state index contributed by atoms with van der Waals surface area (Å²) in [5.74, 6) is -0.991. The Bertz CT molecular complexity index is 2740. The van der Waals surface area contributed by atoms with E-state index in [9.17, 15) is 14.4 Å². The first-order chi connectivity index (χ1) is 29.0. The van der Waals surface area contributed by atoms with Gasteiger partial charge in [-0.2, -0.15) is 0 Å². The third-order valence-corrected chi connectivity index (χ3v) is 11.1. The summed E-state index contributed by atoms with van der Waals surface area (Å²) in [6.07, 6.45) is 1.55. The Morgan fingerprint density at radius 3 is 1.28 bits per heavy atom. The summed E-state index contributed by atoms with van der Waals surface area (Å²) in [6, 6.07) is 34.6. The molecule has 0 aliphatic rings. The number of methoxy groups -OCH3 is 3. The Morgan fingerprint density at radius 2 is 0.867 bits per heavy atom. The summed E-state index contributed by atoms with van der Waals surface area (Å²) in [5.41, 5.74) is 3.52. The van der Waals surface area contributed by atoms with Crippen molar-refractivity contribution in [1.82, 2.24) is 4.98 Å². The second-order valence-electron chi connectivity index (χ2n) is 14.9. The molecule has 0 bridgehead atoms. The lowest BCUT2D eigenvalue weighted by Gasteiger charge is -2.20. The SMILES string of the molecule is COc1ccc2cc(C(C)C(=O)OCc3cnc(C)c(OC(=O)C(C)c4ccc5cc(OC)ccc5c4)c3COC(=O)C(C)c3ccc4cc(OC)ccc4c3)ccc2c1. The second-order valence-corrected chi connectivity index (χ2v) is 14.9. The Morgan fingerprint density at radius 1 is 0.500 bits per heavy atom. The summed E-state index contributed by atoms with van der Waals surface area (Å²) in [6.45, 7) is 6.58. The Kier molecular flexibility index (Phi) is 12.3. The fraction of sp³-hybridized carbons (Fsp3) is 0.240. The third-order valence-electron chi connectivity index (χ3n) is 11.1. The highest BCUT2D eigenvalue weighted by molar-refractivity contribution is 5.89. The maximum Gasteiger partial charge on any atom is 0.318 e. The number of hydrogen-bond donors (Lipinski definition) is 0. The van der Waals surface area contributed by atoms with Gasteiger partial charge in [-0.1, -0.05) is 72.8 Å². The molecule has 3 atom stereocenters. The van der Waals surface area contributed by atoms with E-state index >= 15 is 0 Å². The highest BCUT2D eigenvalue weighted by Gasteiger charge is 2.26. The number of fused-ring (bicyclic) bond motifs is 3. The molecule has 0 saturated heterocycles. The van der Waals surface area contributed by atoms with Crippen molar-refractivity contribution >= 4 is 50.2 Å². The van der Waals surface area contributed by atoms with Crippen molar-refractivity contribution in [3.8, 4) is 23.0 Å². The Balaban J connectivity index is 1.14. The lowest BCUT2D eigenvalue weighted by Crippen LogP contribution is -2.20. The lowest BCUT2D eigenvalue weighted by atomic mass is 9.97. The van der Waals surface area contributed by atoms with Gasteiger partial charge in [0.05, 0.1) is 44.8 Å². The van der Waals surface area contributed by atoms with Crippen LogP contribution < -0.4 is 18.9 Å². The number of carbonyl (C=O) groups excluding carboxylic acids is 3. The molecule has 0 radical (unpaired) electrons. The standard InChI is InChI=1S/C50H47NO9/c1-29(33-8-11-39-23-43(55-5)17-14-36(39)20-33)48(52)58-27-42-26-51-32(4)47(60-50(54)31(3)35-10-13-41-25-45(57-7)19-16-38(41)22-35)46(42)28-59-49(53)30(2)34-9-12-40-24-44(56-6)18-15-37(40)21-34/h8-26,29-31H,27-28H2,1-7H3. The summed E-state index contributed by atoms with van der Waals surface area (Å²) < 4.78 is 34.1. The number of nitrogens with zero attached hydrogens (tertiary/aromatic N) is 1. The van der Waals surface area contributed by atoms with Crippen molar-refractivity contribution in [2.24, 2.45) is 0 Å². The number of hydrogen-bond acceptors (Lipinski definition) is 10. The van der Waals surface area contributed by atoms with E-state index < -0.39 is 35.7 Å². The molecule has 10 nitrogen and oxygen atoms in total. The first-order valence-electron chi connectivity index (χ1n) is 19.7. The molecule has 1 aromatic heterocycles. The van der Waals surface area contributed by atoms with Gasteiger partial charge in [0, 0.05) is 17.3 Å². The first kappa shape index (κ1) is 41.2. The van der Waals surface area contributed by atoms with Gasteiger partial charge in [-0.15, -0.1) is 0 Å². The van der Waals surface area contributed by atoms with Crippen molar-refractivity contribution in [3.63, 3.8) is 0 Å². The van der Waals surface area contributed by atoms with Crippen LogP contribution in [0.4, 0.5) is 0 Å². The highest BCUT2D eigenvalue weighted by atomic mass is 16.6. The summed E-state index contributed by atoms with van der Waals surface area (Å²) >= 11 is 0. The van der Waals surface area contributed by atoms with Crippen molar-refractivity contribution in [2.45, 2.75) is 58.7 Å². The van der Waals surface area contributed by atoms with Crippen LogP contribution in [-0.4, -0.2) is 44.2 Å². The molecule has 7 aromatic rings. The molecule has 1 heterocycles. The van der Waals surface area contributed by atoms with Crippen LogP contribution in [-0.2, 0) is 37.1 Å². The van der Waals surface area contributed by atoms with Crippen molar-refractivity contribution in [1.29, 1.82) is 0 Å². The summed E-state index contributed by atoms with van der Waals surface area (Å²) in [4.78, 5) is 45.7. The molecule has 10 heteroatoms. The lowest BCUT2D eigenvalue weighted by molar-refractivity contribution is -0.148. The van der Waals surface area contributed by atoms with E-state index in [-0.39, 0.29) is 19.0 Å². The number of ether oxygens (including phenoxy) is 6. The van der Waals surface area contributed by atoms with Gasteiger partial charge in [-0.05, 0) is 113 Å². The Hall–Kier alpha value is -6.94. The summed E-state index contributed by atoms with van der Waals surface area (Å²) in [5, 5.41) is 5.79. The van der Waals surface area contributed by atoms with E-state index in [0.29, 0.717) is 16.8 Å². The van der Waals surface area contributed by atoms with Gasteiger partial charge in [-0.25, -0.2) is 0 Å². The topological polar surface area (TPSA) is 119 Å². The Labute approximate surface area is 349 Å². The zero-order valence-corrected chi connectivity index (χ0v) is 34.7. The van der Waals surface area contributed by atoms with Crippen LogP contribution in [0.1, 0.15) is 72.0 Å². The molecule has 3 unspecified atom stereocenters. The average Bonchev–Trinajstić information content (AvgIpc) is 3.28. The number of carbonyl (C=O) groups is 3.